The van der Waals surface area contributed by atoms with E-state index in [1.165, 1.54) is 11.1 Å². The van der Waals surface area contributed by atoms with Crippen molar-refractivity contribution in [2.45, 2.75) is 58.7 Å². The summed E-state index contributed by atoms with van der Waals surface area (Å²) in [7, 11) is 0. The Balaban J connectivity index is 1.93. The van der Waals surface area contributed by atoms with Crippen molar-refractivity contribution in [3.8, 4) is 0 Å². The van der Waals surface area contributed by atoms with Gasteiger partial charge in [-0.15, -0.1) is 0 Å². The molecule has 4 nitrogen and oxygen atoms in total. The predicted octanol–water partition coefficient (Wildman–Crippen LogP) is 2.66. The highest BCUT2D eigenvalue weighted by Gasteiger charge is 2.25. The highest BCUT2D eigenvalue weighted by Crippen LogP contribution is 2.23. The molecular weight excluding hydrogens is 286 g/mol. The quantitative estimate of drug-likeness (QED) is 0.813. The van der Waals surface area contributed by atoms with Gasteiger partial charge in [-0.3, -0.25) is 9.69 Å². The van der Waals surface area contributed by atoms with E-state index in [9.17, 15) is 4.79 Å². The fraction of sp³-hybridized carbons (Fsp3) is 0.632. The lowest BCUT2D eigenvalue weighted by molar-refractivity contribution is -0.126. The highest BCUT2D eigenvalue weighted by atomic mass is 16.1. The van der Waals surface area contributed by atoms with Gasteiger partial charge < -0.3 is 11.1 Å². The summed E-state index contributed by atoms with van der Waals surface area (Å²) in [6.07, 6.45) is 3.92. The van der Waals surface area contributed by atoms with E-state index >= 15 is 0 Å². The van der Waals surface area contributed by atoms with E-state index in [1.807, 2.05) is 6.07 Å². The van der Waals surface area contributed by atoms with E-state index in [1.54, 1.807) is 0 Å². The van der Waals surface area contributed by atoms with Gasteiger partial charge in [0, 0.05) is 25.0 Å². The zero-order chi connectivity index (χ0) is 16.7. The topological polar surface area (TPSA) is 58.4 Å². The molecule has 1 amide bonds. The van der Waals surface area contributed by atoms with E-state index in [-0.39, 0.29) is 17.9 Å². The molecule has 2 rings (SSSR count). The number of nitrogens with zero attached hydrogens (tertiary/aromatic N) is 1. The van der Waals surface area contributed by atoms with Crippen LogP contribution in [0.1, 0.15) is 50.7 Å². The maximum Gasteiger partial charge on any atom is 0.223 e. The van der Waals surface area contributed by atoms with Crippen LogP contribution in [0.3, 0.4) is 0 Å². The first kappa shape index (κ1) is 18.0. The van der Waals surface area contributed by atoms with E-state index in [2.05, 4.69) is 42.3 Å². The second-order valence-corrected chi connectivity index (χ2v) is 6.57. The Morgan fingerprint density at radius 2 is 1.91 bits per heavy atom. The maximum atomic E-state index is 12.4. The molecule has 1 saturated carbocycles. The summed E-state index contributed by atoms with van der Waals surface area (Å²) in [6.45, 7) is 7.99. The first-order valence-corrected chi connectivity index (χ1v) is 8.96. The molecule has 0 bridgehead atoms. The van der Waals surface area contributed by atoms with Crippen LogP contribution in [-0.2, 0) is 17.9 Å². The van der Waals surface area contributed by atoms with Crippen molar-refractivity contribution in [2.75, 3.05) is 13.1 Å². The lowest BCUT2D eigenvalue weighted by Crippen LogP contribution is -2.37. The van der Waals surface area contributed by atoms with Crippen LogP contribution in [0.15, 0.2) is 24.3 Å². The van der Waals surface area contributed by atoms with Crippen molar-refractivity contribution in [1.29, 1.82) is 0 Å². The smallest absolute Gasteiger partial charge is 0.223 e. The molecule has 0 radical (unpaired) electrons. The van der Waals surface area contributed by atoms with Crippen LogP contribution in [0.2, 0.25) is 0 Å². The van der Waals surface area contributed by atoms with Crippen LogP contribution in [0.4, 0.5) is 0 Å². The van der Waals surface area contributed by atoms with Gasteiger partial charge in [-0.05, 0) is 43.5 Å². The fourth-order valence-electron chi connectivity index (χ4n) is 3.36. The summed E-state index contributed by atoms with van der Waals surface area (Å²) in [5, 5.41) is 3.13. The number of amides is 1. The van der Waals surface area contributed by atoms with Crippen LogP contribution in [0.25, 0.3) is 0 Å². The molecule has 128 valence electrons. The van der Waals surface area contributed by atoms with Crippen molar-refractivity contribution < 1.29 is 4.79 Å². The number of carbonyl (C=O) groups is 1. The van der Waals surface area contributed by atoms with Gasteiger partial charge in [-0.2, -0.15) is 0 Å². The number of benzene rings is 1. The van der Waals surface area contributed by atoms with Gasteiger partial charge >= 0.3 is 0 Å². The molecule has 3 N–H and O–H groups in total. The summed E-state index contributed by atoms with van der Waals surface area (Å²) < 4.78 is 0. The molecule has 0 spiro atoms. The Bertz CT molecular complexity index is 499. The second-order valence-electron chi connectivity index (χ2n) is 6.57. The van der Waals surface area contributed by atoms with Crippen molar-refractivity contribution in [1.82, 2.24) is 10.2 Å². The Kier molecular flexibility index (Phi) is 7.06. The number of rotatable bonds is 7. The summed E-state index contributed by atoms with van der Waals surface area (Å²) in [5.74, 6) is 0.256. The van der Waals surface area contributed by atoms with Crippen LogP contribution in [-0.4, -0.2) is 29.9 Å². The zero-order valence-corrected chi connectivity index (χ0v) is 14.6. The minimum atomic E-state index is 0.0914. The number of nitrogens with one attached hydrogen (secondary N) is 1. The van der Waals surface area contributed by atoms with Gasteiger partial charge in [-0.25, -0.2) is 0 Å². The van der Waals surface area contributed by atoms with Gasteiger partial charge in [0.05, 0.1) is 0 Å². The molecule has 1 aliphatic carbocycles. The van der Waals surface area contributed by atoms with Crippen molar-refractivity contribution in [3.63, 3.8) is 0 Å². The first-order valence-electron chi connectivity index (χ1n) is 8.96. The molecule has 0 heterocycles. The summed E-state index contributed by atoms with van der Waals surface area (Å²) in [4.78, 5) is 14.8. The lowest BCUT2D eigenvalue weighted by Gasteiger charge is -2.26. The summed E-state index contributed by atoms with van der Waals surface area (Å²) >= 11 is 0. The molecule has 23 heavy (non-hydrogen) atoms. The molecule has 1 aromatic rings. The molecule has 2 atom stereocenters. The largest absolute Gasteiger partial charge is 0.352 e. The summed E-state index contributed by atoms with van der Waals surface area (Å²) in [6, 6.07) is 8.59. The average Bonchev–Trinajstić information content (AvgIpc) is 2.58. The van der Waals surface area contributed by atoms with Crippen LogP contribution in [0, 0.1) is 5.92 Å². The zero-order valence-electron chi connectivity index (χ0n) is 14.6. The van der Waals surface area contributed by atoms with Gasteiger partial charge in [0.2, 0.25) is 5.91 Å². The van der Waals surface area contributed by atoms with Gasteiger partial charge in [0.15, 0.2) is 0 Å². The maximum absolute atomic E-state index is 12.4. The number of nitrogens with two attached hydrogens (primary N) is 1. The molecular formula is C19H31N3O. The molecule has 1 aromatic carbocycles. The predicted molar refractivity (Wildman–Crippen MR) is 94.8 cm³/mol. The second kappa shape index (κ2) is 9.04. The third-order valence-electron chi connectivity index (χ3n) is 4.95. The van der Waals surface area contributed by atoms with Crippen molar-refractivity contribution in [3.05, 3.63) is 35.4 Å². The molecule has 4 heteroatoms. The summed E-state index contributed by atoms with van der Waals surface area (Å²) in [5.41, 5.74) is 8.51. The number of hydrogen-bond donors (Lipinski definition) is 2. The number of hydrogen-bond acceptors (Lipinski definition) is 3. The van der Waals surface area contributed by atoms with E-state index in [0.29, 0.717) is 6.54 Å². The van der Waals surface area contributed by atoms with E-state index in [4.69, 9.17) is 5.73 Å². The molecule has 0 aliphatic heterocycles. The fourth-order valence-corrected chi connectivity index (χ4v) is 3.36. The molecule has 1 fully saturated rings. The third kappa shape index (κ3) is 5.33. The molecule has 0 saturated heterocycles. The van der Waals surface area contributed by atoms with Crippen LogP contribution >= 0.6 is 0 Å². The molecule has 1 aliphatic rings. The van der Waals surface area contributed by atoms with Crippen LogP contribution in [0.5, 0.6) is 0 Å². The molecule has 0 aromatic heterocycles. The van der Waals surface area contributed by atoms with Gasteiger partial charge in [0.1, 0.15) is 0 Å². The monoisotopic (exact) mass is 317 g/mol. The first-order chi connectivity index (χ1) is 11.1. The Hall–Kier alpha value is -1.39. The normalized spacial score (nSPS) is 21.4. The van der Waals surface area contributed by atoms with Crippen molar-refractivity contribution in [2.24, 2.45) is 11.7 Å². The van der Waals surface area contributed by atoms with E-state index in [0.717, 1.165) is 45.3 Å². The van der Waals surface area contributed by atoms with E-state index < -0.39 is 0 Å². The Morgan fingerprint density at radius 1 is 1.22 bits per heavy atom. The van der Waals surface area contributed by atoms with Crippen LogP contribution < -0.4 is 11.1 Å². The van der Waals surface area contributed by atoms with Gasteiger partial charge in [-0.1, -0.05) is 44.5 Å². The molecule has 2 unspecified atom stereocenters. The Morgan fingerprint density at radius 3 is 2.57 bits per heavy atom. The third-order valence-corrected chi connectivity index (χ3v) is 4.95. The number of carbonyl (C=O) groups excluding carboxylic acids is 1. The lowest BCUT2D eigenvalue weighted by atomic mass is 9.85. The Labute approximate surface area is 140 Å². The van der Waals surface area contributed by atoms with Gasteiger partial charge in [0.25, 0.3) is 0 Å². The minimum Gasteiger partial charge on any atom is -0.352 e. The average molecular weight is 317 g/mol. The minimum absolute atomic E-state index is 0.0914. The SMILES string of the molecule is CCN(CC)Cc1ccccc1CNC(=O)C1CCCC(N)C1. The highest BCUT2D eigenvalue weighted by molar-refractivity contribution is 5.78. The van der Waals surface area contributed by atoms with Crippen molar-refractivity contribution >= 4 is 5.91 Å². The standard InChI is InChI=1S/C19H31N3O/c1-3-22(4-2)14-17-9-6-5-8-16(17)13-21-19(23)15-10-7-11-18(20)12-15/h5-6,8-9,15,18H,3-4,7,10-14,20H2,1-2H3,(H,21,23).